The summed E-state index contributed by atoms with van der Waals surface area (Å²) in [6.45, 7) is 7.05. The van der Waals surface area contributed by atoms with Crippen molar-refractivity contribution in [2.24, 2.45) is 13.0 Å². The Balaban J connectivity index is 2.01. The number of hydrogen-bond donors (Lipinski definition) is 1. The Morgan fingerprint density at radius 1 is 1.40 bits per heavy atom. The molecule has 0 fully saturated rings. The van der Waals surface area contributed by atoms with Gasteiger partial charge in [0.2, 0.25) is 5.91 Å². The number of nitrogens with one attached hydrogen (secondary N) is 1. The predicted molar refractivity (Wildman–Crippen MR) is 81.6 cm³/mol. The first-order valence-electron chi connectivity index (χ1n) is 7.16. The van der Waals surface area contributed by atoms with Crippen LogP contribution < -0.4 is 5.32 Å². The number of aryl methyl sites for hydroxylation is 2. The Morgan fingerprint density at radius 2 is 2.15 bits per heavy atom. The lowest BCUT2D eigenvalue weighted by Crippen LogP contribution is -2.26. The molecular formula is C16H23N3O. The Morgan fingerprint density at radius 3 is 2.85 bits per heavy atom. The lowest BCUT2D eigenvalue weighted by Gasteiger charge is -2.07. The van der Waals surface area contributed by atoms with E-state index in [0.29, 0.717) is 12.3 Å². The molecule has 4 nitrogen and oxygen atoms in total. The maximum Gasteiger partial charge on any atom is 0.224 e. The summed E-state index contributed by atoms with van der Waals surface area (Å²) >= 11 is 0. The van der Waals surface area contributed by atoms with E-state index < -0.39 is 0 Å². The van der Waals surface area contributed by atoms with E-state index in [1.807, 2.05) is 32.2 Å². The molecule has 2 rings (SSSR count). The highest BCUT2D eigenvalue weighted by Gasteiger charge is 2.08. The van der Waals surface area contributed by atoms with Crippen LogP contribution in [0.25, 0.3) is 11.0 Å². The molecule has 4 heteroatoms. The highest BCUT2D eigenvalue weighted by molar-refractivity contribution is 5.82. The molecule has 108 valence electrons. The van der Waals surface area contributed by atoms with E-state index in [2.05, 4.69) is 28.7 Å². The van der Waals surface area contributed by atoms with Gasteiger partial charge in [-0.3, -0.25) is 4.79 Å². The van der Waals surface area contributed by atoms with Crippen molar-refractivity contribution in [3.8, 4) is 0 Å². The van der Waals surface area contributed by atoms with Crippen molar-refractivity contribution in [1.29, 1.82) is 0 Å². The second-order valence-corrected chi connectivity index (χ2v) is 5.75. The van der Waals surface area contributed by atoms with Crippen LogP contribution in [0.3, 0.4) is 0 Å². The smallest absolute Gasteiger partial charge is 0.224 e. The van der Waals surface area contributed by atoms with Crippen LogP contribution >= 0.6 is 0 Å². The fourth-order valence-electron chi connectivity index (χ4n) is 2.22. The number of nitrogens with zero attached hydrogens (tertiary/aromatic N) is 2. The van der Waals surface area contributed by atoms with Crippen LogP contribution in [0.4, 0.5) is 0 Å². The van der Waals surface area contributed by atoms with Crippen LogP contribution in [-0.4, -0.2) is 22.0 Å². The fraction of sp³-hybridized carbons (Fsp3) is 0.500. The normalized spacial score (nSPS) is 11.2. The summed E-state index contributed by atoms with van der Waals surface area (Å²) in [5.74, 6) is 1.68. The Kier molecular flexibility index (Phi) is 4.42. The minimum absolute atomic E-state index is 0.0812. The van der Waals surface area contributed by atoms with E-state index >= 15 is 0 Å². The van der Waals surface area contributed by atoms with Crippen molar-refractivity contribution < 1.29 is 4.79 Å². The SMILES string of the molecule is Cc1nc2cc(CC(=O)NCCC(C)C)ccc2n1C. The molecule has 1 aromatic heterocycles. The van der Waals surface area contributed by atoms with E-state index in [1.54, 1.807) is 0 Å². The minimum atomic E-state index is 0.0812. The molecule has 0 saturated carbocycles. The molecule has 1 aromatic carbocycles. The molecule has 0 aliphatic heterocycles. The highest BCUT2D eigenvalue weighted by Crippen LogP contribution is 2.16. The average Bonchev–Trinajstić information content (AvgIpc) is 2.64. The van der Waals surface area contributed by atoms with Crippen molar-refractivity contribution in [2.75, 3.05) is 6.54 Å². The largest absolute Gasteiger partial charge is 0.356 e. The number of imidazole rings is 1. The number of aromatic nitrogens is 2. The Labute approximate surface area is 120 Å². The first kappa shape index (κ1) is 14.6. The number of fused-ring (bicyclic) bond motifs is 1. The van der Waals surface area contributed by atoms with Crippen LogP contribution in [0, 0.1) is 12.8 Å². The number of carbonyl (C=O) groups excluding carboxylic acids is 1. The lowest BCUT2D eigenvalue weighted by molar-refractivity contribution is -0.120. The molecule has 0 bridgehead atoms. The molecule has 0 radical (unpaired) electrons. The monoisotopic (exact) mass is 273 g/mol. The third kappa shape index (κ3) is 3.38. The number of rotatable bonds is 5. The number of amides is 1. The molecule has 1 N–H and O–H groups in total. The van der Waals surface area contributed by atoms with Gasteiger partial charge in [0.15, 0.2) is 0 Å². The molecule has 0 unspecified atom stereocenters. The fourth-order valence-corrected chi connectivity index (χ4v) is 2.22. The average molecular weight is 273 g/mol. The summed E-state index contributed by atoms with van der Waals surface area (Å²) in [6.07, 6.45) is 1.44. The zero-order chi connectivity index (χ0) is 14.7. The molecule has 20 heavy (non-hydrogen) atoms. The molecule has 0 aliphatic rings. The lowest BCUT2D eigenvalue weighted by atomic mass is 10.1. The topological polar surface area (TPSA) is 46.9 Å². The molecule has 1 amide bonds. The summed E-state index contributed by atoms with van der Waals surface area (Å²) in [6, 6.07) is 6.04. The number of carbonyl (C=O) groups is 1. The Bertz CT molecular complexity index is 613. The van der Waals surface area contributed by atoms with E-state index in [4.69, 9.17) is 0 Å². The minimum Gasteiger partial charge on any atom is -0.356 e. The van der Waals surface area contributed by atoms with Gasteiger partial charge in [0.1, 0.15) is 5.82 Å². The summed E-state index contributed by atoms with van der Waals surface area (Å²) < 4.78 is 2.06. The molecule has 0 atom stereocenters. The second kappa shape index (κ2) is 6.07. The first-order valence-corrected chi connectivity index (χ1v) is 7.16. The molecule has 0 saturated heterocycles. The van der Waals surface area contributed by atoms with E-state index in [-0.39, 0.29) is 5.91 Å². The van der Waals surface area contributed by atoms with Crippen LogP contribution in [-0.2, 0) is 18.3 Å². The van der Waals surface area contributed by atoms with Crippen LogP contribution in [0.5, 0.6) is 0 Å². The van der Waals surface area contributed by atoms with Gasteiger partial charge in [0, 0.05) is 13.6 Å². The van der Waals surface area contributed by atoms with Crippen molar-refractivity contribution >= 4 is 16.9 Å². The van der Waals surface area contributed by atoms with Gasteiger partial charge in [-0.15, -0.1) is 0 Å². The molecule has 0 spiro atoms. The van der Waals surface area contributed by atoms with Gasteiger partial charge >= 0.3 is 0 Å². The summed E-state index contributed by atoms with van der Waals surface area (Å²) in [7, 11) is 2.00. The second-order valence-electron chi connectivity index (χ2n) is 5.75. The van der Waals surface area contributed by atoms with E-state index in [0.717, 1.165) is 35.4 Å². The zero-order valence-corrected chi connectivity index (χ0v) is 12.7. The standard InChI is InChI=1S/C16H23N3O/c1-11(2)7-8-17-16(20)10-13-5-6-15-14(9-13)18-12(3)19(15)4/h5-6,9,11H,7-8,10H2,1-4H3,(H,17,20). The summed E-state index contributed by atoms with van der Waals surface area (Å²) in [5.41, 5.74) is 3.07. The third-order valence-corrected chi connectivity index (χ3v) is 3.58. The molecule has 2 aromatic rings. The van der Waals surface area contributed by atoms with Gasteiger partial charge in [0.05, 0.1) is 17.5 Å². The van der Waals surface area contributed by atoms with Crippen LogP contribution in [0.15, 0.2) is 18.2 Å². The third-order valence-electron chi connectivity index (χ3n) is 3.58. The van der Waals surface area contributed by atoms with Gasteiger partial charge < -0.3 is 9.88 Å². The molecular weight excluding hydrogens is 250 g/mol. The zero-order valence-electron chi connectivity index (χ0n) is 12.7. The quantitative estimate of drug-likeness (QED) is 0.910. The number of hydrogen-bond acceptors (Lipinski definition) is 2. The van der Waals surface area contributed by atoms with Gasteiger partial charge in [-0.05, 0) is 37.0 Å². The Hall–Kier alpha value is -1.84. The van der Waals surface area contributed by atoms with Crippen LogP contribution in [0.1, 0.15) is 31.7 Å². The maximum absolute atomic E-state index is 11.9. The van der Waals surface area contributed by atoms with Crippen molar-refractivity contribution in [2.45, 2.75) is 33.6 Å². The van der Waals surface area contributed by atoms with E-state index in [1.165, 1.54) is 0 Å². The first-order chi connectivity index (χ1) is 9.47. The maximum atomic E-state index is 11.9. The predicted octanol–water partition coefficient (Wildman–Crippen LogP) is 2.59. The molecule has 1 heterocycles. The van der Waals surface area contributed by atoms with Gasteiger partial charge in [-0.25, -0.2) is 4.98 Å². The van der Waals surface area contributed by atoms with Crippen molar-refractivity contribution in [3.63, 3.8) is 0 Å². The van der Waals surface area contributed by atoms with Gasteiger partial charge in [0.25, 0.3) is 0 Å². The summed E-state index contributed by atoms with van der Waals surface area (Å²) in [5, 5.41) is 2.96. The number of benzene rings is 1. The molecule has 0 aliphatic carbocycles. The van der Waals surface area contributed by atoms with E-state index in [9.17, 15) is 4.79 Å². The van der Waals surface area contributed by atoms with Gasteiger partial charge in [-0.1, -0.05) is 19.9 Å². The van der Waals surface area contributed by atoms with Crippen molar-refractivity contribution in [1.82, 2.24) is 14.9 Å². The highest BCUT2D eigenvalue weighted by atomic mass is 16.1. The van der Waals surface area contributed by atoms with Crippen LogP contribution in [0.2, 0.25) is 0 Å². The van der Waals surface area contributed by atoms with Crippen molar-refractivity contribution in [3.05, 3.63) is 29.6 Å². The summed E-state index contributed by atoms with van der Waals surface area (Å²) in [4.78, 5) is 16.4. The van der Waals surface area contributed by atoms with Gasteiger partial charge in [-0.2, -0.15) is 0 Å².